The number of benzene rings is 1. The first-order valence-corrected chi connectivity index (χ1v) is 9.05. The summed E-state index contributed by atoms with van der Waals surface area (Å²) in [4.78, 5) is 25.5. The van der Waals surface area contributed by atoms with Crippen molar-refractivity contribution in [1.82, 2.24) is 5.01 Å². The van der Waals surface area contributed by atoms with Crippen LogP contribution in [0.25, 0.3) is 0 Å². The molecule has 5 rings (SSSR count). The van der Waals surface area contributed by atoms with Crippen molar-refractivity contribution in [2.45, 2.75) is 12.8 Å². The fraction of sp³-hybridized carbons (Fsp3) is 0.389. The van der Waals surface area contributed by atoms with Crippen molar-refractivity contribution in [3.63, 3.8) is 0 Å². The van der Waals surface area contributed by atoms with E-state index in [2.05, 4.69) is 39.8 Å². The average molecular weight is 418 g/mol. The highest BCUT2D eigenvalue weighted by molar-refractivity contribution is 14.1. The van der Waals surface area contributed by atoms with Gasteiger partial charge in [0.05, 0.1) is 18.1 Å². The van der Waals surface area contributed by atoms with Gasteiger partial charge in [0.1, 0.15) is 0 Å². The zero-order chi connectivity index (χ0) is 15.8. The molecule has 0 aromatic heterocycles. The van der Waals surface area contributed by atoms with Gasteiger partial charge in [-0.3, -0.25) is 9.59 Å². The first-order valence-electron chi connectivity index (χ1n) is 7.97. The molecule has 1 aliphatic heterocycles. The normalized spacial score (nSPS) is 35.8. The van der Waals surface area contributed by atoms with Crippen LogP contribution >= 0.6 is 22.6 Å². The Morgan fingerprint density at radius 3 is 2.13 bits per heavy atom. The average Bonchev–Trinajstić information content (AvgIpc) is 3.15. The Balaban J connectivity index is 1.43. The zero-order valence-corrected chi connectivity index (χ0v) is 14.5. The van der Waals surface area contributed by atoms with Crippen LogP contribution in [-0.4, -0.2) is 23.0 Å². The lowest BCUT2D eigenvalue weighted by molar-refractivity contribution is -0.141. The Labute approximate surface area is 147 Å². The van der Waals surface area contributed by atoms with Crippen LogP contribution in [0.15, 0.2) is 41.5 Å². The Bertz CT molecular complexity index is 745. The van der Waals surface area contributed by atoms with Crippen molar-refractivity contribution in [2.75, 3.05) is 0 Å². The van der Waals surface area contributed by atoms with E-state index in [4.69, 9.17) is 0 Å². The van der Waals surface area contributed by atoms with Crippen LogP contribution in [0.3, 0.4) is 0 Å². The number of allylic oxidation sites excluding steroid dienone is 2. The Kier molecular flexibility index (Phi) is 2.73. The molecular weight excluding hydrogens is 403 g/mol. The first-order chi connectivity index (χ1) is 11.1. The number of hydrogen-bond acceptors (Lipinski definition) is 3. The van der Waals surface area contributed by atoms with Gasteiger partial charge in [0.2, 0.25) is 0 Å². The highest BCUT2D eigenvalue weighted by atomic mass is 127. The Morgan fingerprint density at radius 1 is 1.04 bits per heavy atom. The molecule has 0 unspecified atom stereocenters. The molecule has 2 amide bonds. The van der Waals surface area contributed by atoms with E-state index in [9.17, 15) is 9.59 Å². The minimum Gasteiger partial charge on any atom is -0.272 e. The molecule has 1 heterocycles. The lowest BCUT2D eigenvalue weighted by Gasteiger charge is -2.18. The lowest BCUT2D eigenvalue weighted by Crippen LogP contribution is -2.30. The van der Waals surface area contributed by atoms with E-state index < -0.39 is 0 Å². The van der Waals surface area contributed by atoms with Crippen LogP contribution in [0.1, 0.15) is 18.4 Å². The largest absolute Gasteiger partial charge is 0.272 e. The molecule has 23 heavy (non-hydrogen) atoms. The summed E-state index contributed by atoms with van der Waals surface area (Å²) < 4.78 is 1.14. The molecule has 3 aliphatic carbocycles. The van der Waals surface area contributed by atoms with Crippen LogP contribution in [0, 0.1) is 32.7 Å². The molecule has 1 saturated heterocycles. The number of amides is 2. The standard InChI is InChI=1S/C18H15IN2O2/c19-11-3-1-10(2-4-11)9-20-21-16(22)14-12-5-6-13(15(14)17(21)23)18(12)7-8-18/h1-6,9,12-15H,7-8H2/b20-9-/t12-,13-,14-,15-/m0/s1. The summed E-state index contributed by atoms with van der Waals surface area (Å²) in [6.07, 6.45) is 8.28. The molecule has 116 valence electrons. The molecule has 3 fully saturated rings. The third-order valence-electron chi connectivity index (χ3n) is 6.02. The maximum absolute atomic E-state index is 12.7. The molecule has 0 N–H and O–H groups in total. The second-order valence-corrected chi connectivity index (χ2v) is 8.25. The van der Waals surface area contributed by atoms with Gasteiger partial charge >= 0.3 is 0 Å². The van der Waals surface area contributed by atoms with E-state index in [0.717, 1.165) is 27.0 Å². The summed E-state index contributed by atoms with van der Waals surface area (Å²) in [5.74, 6) is -0.0441. The van der Waals surface area contributed by atoms with Crippen molar-refractivity contribution < 1.29 is 9.59 Å². The van der Waals surface area contributed by atoms with Gasteiger partial charge in [-0.05, 0) is 70.4 Å². The Hall–Kier alpha value is -1.50. The van der Waals surface area contributed by atoms with Gasteiger partial charge in [-0.15, -0.1) is 0 Å². The maximum atomic E-state index is 12.7. The number of fused-ring (bicyclic) bond motifs is 3. The predicted molar refractivity (Wildman–Crippen MR) is 93.4 cm³/mol. The number of nitrogens with zero attached hydrogens (tertiary/aromatic N) is 2. The summed E-state index contributed by atoms with van der Waals surface area (Å²) in [5.41, 5.74) is 1.13. The van der Waals surface area contributed by atoms with Gasteiger partial charge in [0.25, 0.3) is 11.8 Å². The third-order valence-corrected chi connectivity index (χ3v) is 6.74. The molecule has 1 spiro atoms. The van der Waals surface area contributed by atoms with Gasteiger partial charge < -0.3 is 0 Å². The highest BCUT2D eigenvalue weighted by Gasteiger charge is 2.73. The number of hydrazone groups is 1. The third kappa shape index (κ3) is 1.74. The van der Waals surface area contributed by atoms with E-state index in [-0.39, 0.29) is 40.9 Å². The Morgan fingerprint density at radius 2 is 1.61 bits per heavy atom. The minimum atomic E-state index is -0.172. The van der Waals surface area contributed by atoms with Crippen LogP contribution in [0.2, 0.25) is 0 Å². The molecule has 2 bridgehead atoms. The topological polar surface area (TPSA) is 49.7 Å². The number of imide groups is 1. The SMILES string of the molecule is O=C1[C@@H]2[C@@H](C(=O)N1/N=C\c1ccc(I)cc1)[C@@H]1C=C[C@@H]2C12CC2. The van der Waals surface area contributed by atoms with Gasteiger partial charge in [-0.25, -0.2) is 0 Å². The molecule has 1 aromatic carbocycles. The summed E-state index contributed by atoms with van der Waals surface area (Å²) in [7, 11) is 0. The van der Waals surface area contributed by atoms with Crippen molar-refractivity contribution in [3.8, 4) is 0 Å². The van der Waals surface area contributed by atoms with Crippen molar-refractivity contribution in [3.05, 3.63) is 45.6 Å². The number of carbonyl (C=O) groups excluding carboxylic acids is 2. The number of carbonyl (C=O) groups is 2. The van der Waals surface area contributed by atoms with Crippen LogP contribution in [-0.2, 0) is 9.59 Å². The maximum Gasteiger partial charge on any atom is 0.254 e. The second kappa shape index (κ2) is 4.53. The summed E-state index contributed by atoms with van der Waals surface area (Å²) in [5, 5.41) is 5.33. The van der Waals surface area contributed by atoms with Gasteiger partial charge in [0.15, 0.2) is 0 Å². The van der Waals surface area contributed by atoms with Gasteiger partial charge in [-0.2, -0.15) is 10.1 Å². The fourth-order valence-corrected chi connectivity index (χ4v) is 5.21. The van der Waals surface area contributed by atoms with Gasteiger partial charge in [-0.1, -0.05) is 24.3 Å². The van der Waals surface area contributed by atoms with E-state index in [1.807, 2.05) is 24.3 Å². The zero-order valence-electron chi connectivity index (χ0n) is 12.4. The molecule has 1 aromatic rings. The highest BCUT2D eigenvalue weighted by Crippen LogP contribution is 2.73. The number of rotatable bonds is 2. The smallest absolute Gasteiger partial charge is 0.254 e. The molecule has 0 radical (unpaired) electrons. The summed E-state index contributed by atoms with van der Waals surface area (Å²) >= 11 is 2.24. The van der Waals surface area contributed by atoms with Crippen molar-refractivity contribution in [2.24, 2.45) is 34.2 Å². The molecule has 5 heteroatoms. The van der Waals surface area contributed by atoms with Crippen LogP contribution in [0.5, 0.6) is 0 Å². The monoisotopic (exact) mass is 418 g/mol. The second-order valence-electron chi connectivity index (χ2n) is 7.01. The van der Waals surface area contributed by atoms with Crippen LogP contribution in [0.4, 0.5) is 0 Å². The summed E-state index contributed by atoms with van der Waals surface area (Å²) in [6, 6.07) is 7.82. The molecular formula is C18H15IN2O2. The number of hydrogen-bond donors (Lipinski definition) is 0. The van der Waals surface area contributed by atoms with E-state index in [0.29, 0.717) is 0 Å². The number of halogens is 1. The first kappa shape index (κ1) is 13.9. The minimum absolute atomic E-state index is 0.107. The molecule has 4 nitrogen and oxygen atoms in total. The van der Waals surface area contributed by atoms with E-state index in [1.165, 1.54) is 0 Å². The molecule has 2 saturated carbocycles. The quantitative estimate of drug-likeness (QED) is 0.321. The van der Waals surface area contributed by atoms with Crippen LogP contribution < -0.4 is 0 Å². The lowest BCUT2D eigenvalue weighted by atomic mass is 9.85. The molecule has 4 atom stereocenters. The van der Waals surface area contributed by atoms with Gasteiger partial charge in [0, 0.05) is 3.57 Å². The predicted octanol–water partition coefficient (Wildman–Crippen LogP) is 2.82. The van der Waals surface area contributed by atoms with Crippen molar-refractivity contribution in [1.29, 1.82) is 0 Å². The van der Waals surface area contributed by atoms with E-state index in [1.54, 1.807) is 6.21 Å². The van der Waals surface area contributed by atoms with E-state index >= 15 is 0 Å². The van der Waals surface area contributed by atoms with Crippen molar-refractivity contribution >= 4 is 40.6 Å². The summed E-state index contributed by atoms with van der Waals surface area (Å²) in [6.45, 7) is 0. The fourth-order valence-electron chi connectivity index (χ4n) is 4.85. The molecule has 4 aliphatic rings.